The van der Waals surface area contributed by atoms with Crippen molar-refractivity contribution in [3.63, 3.8) is 0 Å². The monoisotopic (exact) mass is 292 g/mol. The molecule has 2 rings (SSSR count). The van der Waals surface area contributed by atoms with E-state index in [1.54, 1.807) is 8.99 Å². The number of hydrogen-bond acceptors (Lipinski definition) is 4. The summed E-state index contributed by atoms with van der Waals surface area (Å²) in [6.07, 6.45) is 4.99. The van der Waals surface area contributed by atoms with Crippen LogP contribution in [0.3, 0.4) is 0 Å². The van der Waals surface area contributed by atoms with Crippen molar-refractivity contribution in [2.75, 3.05) is 19.3 Å². The van der Waals surface area contributed by atoms with Crippen molar-refractivity contribution >= 4 is 21.6 Å². The summed E-state index contributed by atoms with van der Waals surface area (Å²) < 4.78 is 26.3. The van der Waals surface area contributed by atoms with Crippen molar-refractivity contribution in [1.82, 2.24) is 19.3 Å². The second kappa shape index (κ2) is 5.54. The summed E-state index contributed by atoms with van der Waals surface area (Å²) in [4.78, 5) is 0. The minimum atomic E-state index is -3.08. The maximum absolute atomic E-state index is 11.5. The zero-order chi connectivity index (χ0) is 13.2. The van der Waals surface area contributed by atoms with Gasteiger partial charge in [0, 0.05) is 25.8 Å². The van der Waals surface area contributed by atoms with Crippen LogP contribution in [0.15, 0.2) is 6.20 Å². The minimum Gasteiger partial charge on any atom is -0.252 e. The van der Waals surface area contributed by atoms with Crippen LogP contribution in [0.2, 0.25) is 0 Å². The summed E-state index contributed by atoms with van der Waals surface area (Å²) in [5.41, 5.74) is 0.743. The van der Waals surface area contributed by atoms with Gasteiger partial charge in [0.05, 0.1) is 17.8 Å². The molecule has 0 saturated carbocycles. The first kappa shape index (κ1) is 13.8. The average Bonchev–Trinajstić information content (AvgIpc) is 2.76. The third-order valence-electron chi connectivity index (χ3n) is 3.12. The molecule has 0 aliphatic carbocycles. The minimum absolute atomic E-state index is 0.290. The lowest BCUT2D eigenvalue weighted by atomic mass is 10.00. The van der Waals surface area contributed by atoms with Gasteiger partial charge in [-0.2, -0.15) is 0 Å². The number of piperidine rings is 1. The molecule has 1 saturated heterocycles. The molecule has 2 heterocycles. The number of sulfonamides is 1. The fraction of sp³-hybridized carbons (Fsp3) is 0.800. The second-order valence-corrected chi connectivity index (χ2v) is 6.94. The Morgan fingerprint density at radius 3 is 2.94 bits per heavy atom. The largest absolute Gasteiger partial charge is 0.252 e. The van der Waals surface area contributed by atoms with Gasteiger partial charge in [0.25, 0.3) is 0 Å². The van der Waals surface area contributed by atoms with Gasteiger partial charge in [0.2, 0.25) is 10.0 Å². The van der Waals surface area contributed by atoms with Crippen molar-refractivity contribution in [2.45, 2.75) is 25.3 Å². The van der Waals surface area contributed by atoms with Crippen LogP contribution in [0, 0.1) is 5.92 Å². The maximum atomic E-state index is 11.5. The molecule has 1 aromatic heterocycles. The summed E-state index contributed by atoms with van der Waals surface area (Å²) in [7, 11) is -3.08. The van der Waals surface area contributed by atoms with E-state index in [9.17, 15) is 8.42 Å². The van der Waals surface area contributed by atoms with E-state index in [-0.39, 0.29) is 0 Å². The van der Waals surface area contributed by atoms with Crippen LogP contribution < -0.4 is 0 Å². The molecular weight excluding hydrogens is 276 g/mol. The molecule has 0 N–H and O–H groups in total. The molecule has 1 unspecified atom stereocenters. The fourth-order valence-corrected chi connectivity index (χ4v) is 3.30. The second-order valence-electron chi connectivity index (χ2n) is 4.69. The number of alkyl halides is 1. The van der Waals surface area contributed by atoms with Gasteiger partial charge in [-0.3, -0.25) is 4.68 Å². The van der Waals surface area contributed by atoms with Gasteiger partial charge in [-0.05, 0) is 18.8 Å². The standard InChI is InChI=1S/C10H17ClN4O2S/c1-18(16,17)15-4-2-3-9(7-15)6-14-8-10(5-11)12-13-14/h8-9H,2-7H2,1H3. The highest BCUT2D eigenvalue weighted by atomic mass is 35.5. The summed E-state index contributed by atoms with van der Waals surface area (Å²) in [6, 6.07) is 0. The Balaban J connectivity index is 1.97. The molecule has 6 nitrogen and oxygen atoms in total. The van der Waals surface area contributed by atoms with Crippen molar-refractivity contribution in [2.24, 2.45) is 5.92 Å². The SMILES string of the molecule is CS(=O)(=O)N1CCCC(Cn2cc(CCl)nn2)C1. The highest BCUT2D eigenvalue weighted by Crippen LogP contribution is 2.20. The van der Waals surface area contributed by atoms with E-state index in [0.29, 0.717) is 31.4 Å². The van der Waals surface area contributed by atoms with Crippen molar-refractivity contribution in [1.29, 1.82) is 0 Å². The fourth-order valence-electron chi connectivity index (χ4n) is 2.23. The van der Waals surface area contributed by atoms with Crippen LogP contribution >= 0.6 is 11.6 Å². The molecule has 1 aromatic rings. The van der Waals surface area contributed by atoms with Crippen molar-refractivity contribution in [3.05, 3.63) is 11.9 Å². The first-order valence-corrected chi connectivity index (χ1v) is 8.27. The number of halogens is 1. The van der Waals surface area contributed by atoms with Crippen LogP contribution in [-0.2, 0) is 22.4 Å². The Morgan fingerprint density at radius 1 is 1.56 bits per heavy atom. The Labute approximate surface area is 112 Å². The quantitative estimate of drug-likeness (QED) is 0.766. The highest BCUT2D eigenvalue weighted by Gasteiger charge is 2.26. The first-order chi connectivity index (χ1) is 8.49. The zero-order valence-corrected chi connectivity index (χ0v) is 11.9. The van der Waals surface area contributed by atoms with E-state index in [1.165, 1.54) is 6.26 Å². The summed E-state index contributed by atoms with van der Waals surface area (Å²) >= 11 is 5.66. The molecule has 0 bridgehead atoms. The van der Waals surface area contributed by atoms with Crippen molar-refractivity contribution < 1.29 is 8.42 Å². The van der Waals surface area contributed by atoms with Gasteiger partial charge < -0.3 is 0 Å². The Morgan fingerprint density at radius 2 is 2.33 bits per heavy atom. The van der Waals surface area contributed by atoms with Gasteiger partial charge in [0.1, 0.15) is 0 Å². The third kappa shape index (κ3) is 3.43. The summed E-state index contributed by atoms with van der Waals surface area (Å²) in [5.74, 6) is 0.637. The van der Waals surface area contributed by atoms with Crippen molar-refractivity contribution in [3.8, 4) is 0 Å². The third-order valence-corrected chi connectivity index (χ3v) is 4.66. The average molecular weight is 293 g/mol. The van der Waals surface area contributed by atoms with Crippen LogP contribution in [-0.4, -0.2) is 47.1 Å². The lowest BCUT2D eigenvalue weighted by Crippen LogP contribution is -2.40. The number of rotatable bonds is 4. The predicted molar refractivity (Wildman–Crippen MR) is 68.7 cm³/mol. The molecule has 1 aliphatic heterocycles. The van der Waals surface area contributed by atoms with Crippen LogP contribution in [0.1, 0.15) is 18.5 Å². The molecular formula is C10H17ClN4O2S. The molecule has 8 heteroatoms. The maximum Gasteiger partial charge on any atom is 0.211 e. The summed E-state index contributed by atoms with van der Waals surface area (Å²) in [5, 5.41) is 7.90. The lowest BCUT2D eigenvalue weighted by molar-refractivity contribution is 0.239. The number of aromatic nitrogens is 3. The van der Waals surface area contributed by atoms with Gasteiger partial charge in [-0.25, -0.2) is 12.7 Å². The highest BCUT2D eigenvalue weighted by molar-refractivity contribution is 7.88. The van der Waals surface area contributed by atoms with Gasteiger partial charge >= 0.3 is 0 Å². The molecule has 1 fully saturated rings. The van der Waals surface area contributed by atoms with Gasteiger partial charge in [-0.15, -0.1) is 16.7 Å². The van der Waals surface area contributed by atoms with E-state index in [2.05, 4.69) is 10.3 Å². The van der Waals surface area contributed by atoms with E-state index in [4.69, 9.17) is 11.6 Å². The molecule has 1 aliphatic rings. The molecule has 1 atom stereocenters. The van der Waals surface area contributed by atoms with E-state index in [1.807, 2.05) is 6.20 Å². The van der Waals surface area contributed by atoms with E-state index >= 15 is 0 Å². The molecule has 0 amide bonds. The molecule has 0 aromatic carbocycles. The molecule has 102 valence electrons. The molecule has 0 spiro atoms. The Kier molecular flexibility index (Phi) is 4.24. The van der Waals surface area contributed by atoms with Crippen LogP contribution in [0.25, 0.3) is 0 Å². The van der Waals surface area contributed by atoms with Gasteiger partial charge in [-0.1, -0.05) is 5.21 Å². The number of hydrogen-bond donors (Lipinski definition) is 0. The summed E-state index contributed by atoms with van der Waals surface area (Å²) in [6.45, 7) is 1.88. The van der Waals surface area contributed by atoms with E-state index < -0.39 is 10.0 Å². The molecule has 0 radical (unpaired) electrons. The lowest BCUT2D eigenvalue weighted by Gasteiger charge is -2.30. The first-order valence-electron chi connectivity index (χ1n) is 5.89. The Bertz CT molecular complexity index is 502. The Hall–Kier alpha value is -0.660. The van der Waals surface area contributed by atoms with E-state index in [0.717, 1.165) is 18.5 Å². The van der Waals surface area contributed by atoms with Crippen LogP contribution in [0.5, 0.6) is 0 Å². The zero-order valence-electron chi connectivity index (χ0n) is 10.3. The van der Waals surface area contributed by atoms with Crippen LogP contribution in [0.4, 0.5) is 0 Å². The smallest absolute Gasteiger partial charge is 0.211 e. The number of nitrogens with zero attached hydrogens (tertiary/aromatic N) is 4. The molecule has 18 heavy (non-hydrogen) atoms. The predicted octanol–water partition coefficient (Wildman–Crippen LogP) is 0.688. The normalized spacial score (nSPS) is 22.2. The topological polar surface area (TPSA) is 68.1 Å². The van der Waals surface area contributed by atoms with Gasteiger partial charge in [0.15, 0.2) is 0 Å².